The number of piperidine rings is 1. The number of hydrogen-bond donors (Lipinski definition) is 0. The SMILES string of the molecule is CCc1nccn1CC(=O)N1CCC[C@@H](c2nccn2Cc2ccncc2)C1. The quantitative estimate of drug-likeness (QED) is 0.661. The fraction of sp³-hybridized carbons (Fsp3) is 0.429. The largest absolute Gasteiger partial charge is 0.340 e. The number of aryl methyl sites for hydroxylation is 1. The first-order valence-corrected chi connectivity index (χ1v) is 9.92. The molecule has 3 aromatic rings. The van der Waals surface area contributed by atoms with Crippen molar-refractivity contribution in [2.75, 3.05) is 13.1 Å². The molecule has 4 rings (SSSR count). The zero-order chi connectivity index (χ0) is 19.3. The molecular formula is C21H26N6O. The second-order valence-corrected chi connectivity index (χ2v) is 7.27. The number of likely N-dealkylation sites (tertiary alicyclic amines) is 1. The molecule has 1 aliphatic heterocycles. The van der Waals surface area contributed by atoms with Crippen molar-refractivity contribution in [1.82, 2.24) is 29.0 Å². The molecule has 7 nitrogen and oxygen atoms in total. The Labute approximate surface area is 165 Å². The van der Waals surface area contributed by atoms with E-state index in [1.165, 1.54) is 5.56 Å². The van der Waals surface area contributed by atoms with Gasteiger partial charge >= 0.3 is 0 Å². The molecule has 1 atom stereocenters. The van der Waals surface area contributed by atoms with E-state index in [9.17, 15) is 4.79 Å². The van der Waals surface area contributed by atoms with Crippen molar-refractivity contribution in [1.29, 1.82) is 0 Å². The van der Waals surface area contributed by atoms with Crippen LogP contribution in [0.5, 0.6) is 0 Å². The number of hydrogen-bond acceptors (Lipinski definition) is 4. The molecule has 4 heterocycles. The van der Waals surface area contributed by atoms with E-state index in [1.807, 2.05) is 52.6 Å². The van der Waals surface area contributed by atoms with Gasteiger partial charge in [0.1, 0.15) is 18.2 Å². The van der Waals surface area contributed by atoms with E-state index in [0.717, 1.165) is 50.5 Å². The van der Waals surface area contributed by atoms with Gasteiger partial charge in [-0.25, -0.2) is 9.97 Å². The molecule has 28 heavy (non-hydrogen) atoms. The second kappa shape index (κ2) is 8.37. The lowest BCUT2D eigenvalue weighted by atomic mass is 9.97. The van der Waals surface area contributed by atoms with Gasteiger partial charge in [-0.2, -0.15) is 0 Å². The average Bonchev–Trinajstić information content (AvgIpc) is 3.38. The minimum Gasteiger partial charge on any atom is -0.340 e. The van der Waals surface area contributed by atoms with Gasteiger partial charge in [-0.3, -0.25) is 9.78 Å². The summed E-state index contributed by atoms with van der Waals surface area (Å²) in [6, 6.07) is 4.05. The lowest BCUT2D eigenvalue weighted by Gasteiger charge is -2.33. The van der Waals surface area contributed by atoms with Gasteiger partial charge < -0.3 is 14.0 Å². The van der Waals surface area contributed by atoms with Gasteiger partial charge in [0, 0.05) is 69.2 Å². The molecule has 0 aromatic carbocycles. The number of aromatic nitrogens is 5. The van der Waals surface area contributed by atoms with Crippen LogP contribution in [0.1, 0.15) is 42.9 Å². The van der Waals surface area contributed by atoms with E-state index in [-0.39, 0.29) is 11.8 Å². The molecule has 0 aliphatic carbocycles. The Morgan fingerprint density at radius 2 is 1.89 bits per heavy atom. The van der Waals surface area contributed by atoms with Crippen molar-refractivity contribution in [2.24, 2.45) is 0 Å². The Hall–Kier alpha value is -2.96. The fourth-order valence-electron chi connectivity index (χ4n) is 3.96. The molecule has 1 amide bonds. The highest BCUT2D eigenvalue weighted by Gasteiger charge is 2.27. The molecule has 0 bridgehead atoms. The maximum Gasteiger partial charge on any atom is 0.242 e. The van der Waals surface area contributed by atoms with Crippen LogP contribution in [-0.2, 0) is 24.3 Å². The van der Waals surface area contributed by atoms with Crippen molar-refractivity contribution < 1.29 is 4.79 Å². The van der Waals surface area contributed by atoms with Gasteiger partial charge in [0.05, 0.1) is 0 Å². The van der Waals surface area contributed by atoms with E-state index < -0.39 is 0 Å². The van der Waals surface area contributed by atoms with Crippen molar-refractivity contribution in [3.05, 3.63) is 66.5 Å². The van der Waals surface area contributed by atoms with Crippen LogP contribution in [0.2, 0.25) is 0 Å². The zero-order valence-corrected chi connectivity index (χ0v) is 16.2. The summed E-state index contributed by atoms with van der Waals surface area (Å²) in [5, 5.41) is 0. The standard InChI is InChI=1S/C21H26N6O/c1-2-19-23-9-12-25(19)16-20(28)26-11-3-4-18(15-26)21-24-10-13-27(21)14-17-5-7-22-8-6-17/h5-10,12-13,18H,2-4,11,14-16H2,1H3/t18-/m1/s1. The molecule has 3 aromatic heterocycles. The first-order valence-electron chi connectivity index (χ1n) is 9.92. The minimum absolute atomic E-state index is 0.157. The van der Waals surface area contributed by atoms with Gasteiger partial charge in [0.25, 0.3) is 0 Å². The van der Waals surface area contributed by atoms with E-state index in [1.54, 1.807) is 6.20 Å². The summed E-state index contributed by atoms with van der Waals surface area (Å²) >= 11 is 0. The highest BCUT2D eigenvalue weighted by Crippen LogP contribution is 2.26. The molecule has 0 saturated carbocycles. The second-order valence-electron chi connectivity index (χ2n) is 7.27. The Balaban J connectivity index is 1.44. The monoisotopic (exact) mass is 378 g/mol. The maximum atomic E-state index is 12.9. The number of amides is 1. The molecule has 0 unspecified atom stereocenters. The normalized spacial score (nSPS) is 17.0. The molecule has 0 radical (unpaired) electrons. The highest BCUT2D eigenvalue weighted by atomic mass is 16.2. The zero-order valence-electron chi connectivity index (χ0n) is 16.2. The average molecular weight is 378 g/mol. The maximum absolute atomic E-state index is 12.9. The number of imidazole rings is 2. The summed E-state index contributed by atoms with van der Waals surface area (Å²) in [5.74, 6) is 2.44. The molecule has 1 saturated heterocycles. The fourth-order valence-corrected chi connectivity index (χ4v) is 3.96. The number of nitrogens with zero attached hydrogens (tertiary/aromatic N) is 6. The van der Waals surface area contributed by atoms with Crippen molar-refractivity contribution in [3.63, 3.8) is 0 Å². The molecule has 146 valence electrons. The van der Waals surface area contributed by atoms with E-state index in [4.69, 9.17) is 0 Å². The van der Waals surface area contributed by atoms with Gasteiger partial charge in [0.2, 0.25) is 5.91 Å². The van der Waals surface area contributed by atoms with Crippen LogP contribution in [0.15, 0.2) is 49.3 Å². The molecule has 1 aliphatic rings. The van der Waals surface area contributed by atoms with Crippen molar-refractivity contribution in [2.45, 2.75) is 45.2 Å². The summed E-state index contributed by atoms with van der Waals surface area (Å²) in [7, 11) is 0. The third-order valence-electron chi connectivity index (χ3n) is 5.41. The molecule has 0 N–H and O–H groups in total. The summed E-state index contributed by atoms with van der Waals surface area (Å²) in [6.45, 7) is 4.74. The van der Waals surface area contributed by atoms with Crippen LogP contribution >= 0.6 is 0 Å². The minimum atomic E-state index is 0.157. The van der Waals surface area contributed by atoms with E-state index in [0.29, 0.717) is 6.54 Å². The van der Waals surface area contributed by atoms with Gasteiger partial charge in [0.15, 0.2) is 0 Å². The van der Waals surface area contributed by atoms with Crippen LogP contribution in [0.25, 0.3) is 0 Å². The summed E-state index contributed by atoms with van der Waals surface area (Å²) in [5.41, 5.74) is 1.20. The van der Waals surface area contributed by atoms with Gasteiger partial charge in [-0.1, -0.05) is 6.92 Å². The Bertz CT molecular complexity index is 916. The van der Waals surface area contributed by atoms with Crippen LogP contribution in [-0.4, -0.2) is 48.0 Å². The van der Waals surface area contributed by atoms with E-state index >= 15 is 0 Å². The molecule has 1 fully saturated rings. The van der Waals surface area contributed by atoms with Crippen molar-refractivity contribution in [3.8, 4) is 0 Å². The van der Waals surface area contributed by atoms with Crippen LogP contribution < -0.4 is 0 Å². The summed E-state index contributed by atoms with van der Waals surface area (Å²) in [6.07, 6.45) is 14.1. The van der Waals surface area contributed by atoms with E-state index in [2.05, 4.69) is 26.4 Å². The predicted octanol–water partition coefficient (Wildman–Crippen LogP) is 2.49. The topological polar surface area (TPSA) is 68.8 Å². The van der Waals surface area contributed by atoms with Crippen LogP contribution in [0.4, 0.5) is 0 Å². The summed E-state index contributed by atoms with van der Waals surface area (Å²) in [4.78, 5) is 27.9. The predicted molar refractivity (Wildman–Crippen MR) is 106 cm³/mol. The summed E-state index contributed by atoms with van der Waals surface area (Å²) < 4.78 is 4.15. The van der Waals surface area contributed by atoms with Crippen molar-refractivity contribution >= 4 is 5.91 Å². The Kier molecular flexibility index (Phi) is 5.50. The molecular weight excluding hydrogens is 352 g/mol. The first kappa shape index (κ1) is 18.4. The highest BCUT2D eigenvalue weighted by molar-refractivity contribution is 5.76. The lowest BCUT2D eigenvalue weighted by Crippen LogP contribution is -2.41. The first-order chi connectivity index (χ1) is 13.7. The number of carbonyl (C=O) groups excluding carboxylic acids is 1. The smallest absolute Gasteiger partial charge is 0.242 e. The number of rotatable bonds is 6. The van der Waals surface area contributed by atoms with Crippen LogP contribution in [0, 0.1) is 0 Å². The molecule has 0 spiro atoms. The Morgan fingerprint density at radius 1 is 1.11 bits per heavy atom. The third-order valence-corrected chi connectivity index (χ3v) is 5.41. The van der Waals surface area contributed by atoms with Crippen LogP contribution in [0.3, 0.4) is 0 Å². The molecule has 7 heteroatoms. The van der Waals surface area contributed by atoms with Gasteiger partial charge in [-0.05, 0) is 30.5 Å². The van der Waals surface area contributed by atoms with Gasteiger partial charge in [-0.15, -0.1) is 0 Å². The number of carbonyl (C=O) groups is 1. The third kappa shape index (κ3) is 3.98. The lowest BCUT2D eigenvalue weighted by molar-refractivity contribution is -0.133. The number of pyridine rings is 1. The Morgan fingerprint density at radius 3 is 2.71 bits per heavy atom.